The molecular formula is C14H20FNO. The van der Waals surface area contributed by atoms with E-state index in [1.807, 2.05) is 6.07 Å². The van der Waals surface area contributed by atoms with E-state index in [4.69, 9.17) is 4.74 Å². The highest BCUT2D eigenvalue weighted by Crippen LogP contribution is 2.31. The summed E-state index contributed by atoms with van der Waals surface area (Å²) >= 11 is 0. The van der Waals surface area contributed by atoms with Crippen molar-refractivity contribution in [2.24, 2.45) is 5.92 Å². The predicted octanol–water partition coefficient (Wildman–Crippen LogP) is 3.82. The molecular weight excluding hydrogens is 217 g/mol. The predicted molar refractivity (Wildman–Crippen MR) is 68.0 cm³/mol. The Balaban J connectivity index is 2.05. The Bertz CT molecular complexity index is 380. The van der Waals surface area contributed by atoms with Crippen LogP contribution in [0.5, 0.6) is 5.75 Å². The Labute approximate surface area is 102 Å². The second-order valence-electron chi connectivity index (χ2n) is 4.70. The first-order valence-corrected chi connectivity index (χ1v) is 6.34. The van der Waals surface area contributed by atoms with Gasteiger partial charge in [-0.3, -0.25) is 0 Å². The van der Waals surface area contributed by atoms with Crippen molar-refractivity contribution < 1.29 is 9.13 Å². The number of hydrogen-bond donors (Lipinski definition) is 1. The number of ether oxygens (including phenoxy) is 1. The number of nitrogens with one attached hydrogen (secondary N) is 1. The summed E-state index contributed by atoms with van der Waals surface area (Å²) in [5.74, 6) is 0.720. The molecule has 1 aromatic rings. The Morgan fingerprint density at radius 1 is 1.41 bits per heavy atom. The molecule has 1 aliphatic rings. The fourth-order valence-electron chi connectivity index (χ4n) is 2.69. The lowest BCUT2D eigenvalue weighted by Gasteiger charge is -2.21. The lowest BCUT2D eigenvalue weighted by molar-refractivity contribution is 0.386. The first-order valence-electron chi connectivity index (χ1n) is 6.34. The molecule has 0 aromatic heterocycles. The van der Waals surface area contributed by atoms with Crippen molar-refractivity contribution in [3.05, 3.63) is 24.0 Å². The number of hydrogen-bond acceptors (Lipinski definition) is 2. The smallest absolute Gasteiger partial charge is 0.167 e. The molecule has 0 saturated heterocycles. The van der Waals surface area contributed by atoms with Gasteiger partial charge in [-0.25, -0.2) is 4.39 Å². The molecule has 17 heavy (non-hydrogen) atoms. The van der Waals surface area contributed by atoms with Gasteiger partial charge in [-0.15, -0.1) is 0 Å². The SMILES string of the molecule is CCC1CCCC1Nc1ccc(OC)c(F)c1. The van der Waals surface area contributed by atoms with Gasteiger partial charge in [-0.2, -0.15) is 0 Å². The van der Waals surface area contributed by atoms with Gasteiger partial charge in [0.25, 0.3) is 0 Å². The largest absolute Gasteiger partial charge is 0.494 e. The lowest BCUT2D eigenvalue weighted by Crippen LogP contribution is -2.23. The van der Waals surface area contributed by atoms with Crippen LogP contribution in [0.4, 0.5) is 10.1 Å². The number of rotatable bonds is 4. The Hall–Kier alpha value is -1.25. The van der Waals surface area contributed by atoms with Crippen LogP contribution < -0.4 is 10.1 Å². The zero-order valence-electron chi connectivity index (χ0n) is 10.5. The van der Waals surface area contributed by atoms with Gasteiger partial charge in [0.15, 0.2) is 11.6 Å². The van der Waals surface area contributed by atoms with Crippen LogP contribution in [0.25, 0.3) is 0 Å². The molecule has 94 valence electrons. The zero-order chi connectivity index (χ0) is 12.3. The first kappa shape index (κ1) is 12.2. The van der Waals surface area contributed by atoms with Crippen LogP contribution in [0.2, 0.25) is 0 Å². The van der Waals surface area contributed by atoms with Crippen LogP contribution in [0.3, 0.4) is 0 Å². The van der Waals surface area contributed by atoms with Gasteiger partial charge in [0, 0.05) is 17.8 Å². The molecule has 0 bridgehead atoms. The third-order valence-electron chi connectivity index (χ3n) is 3.69. The fourth-order valence-corrected chi connectivity index (χ4v) is 2.69. The average Bonchev–Trinajstić information content (AvgIpc) is 2.76. The van der Waals surface area contributed by atoms with Crippen LogP contribution in [-0.2, 0) is 0 Å². The molecule has 0 amide bonds. The maximum absolute atomic E-state index is 13.5. The molecule has 2 atom stereocenters. The van der Waals surface area contributed by atoms with Crippen LogP contribution in [0, 0.1) is 11.7 Å². The third kappa shape index (κ3) is 2.71. The molecule has 0 heterocycles. The minimum atomic E-state index is -0.302. The highest BCUT2D eigenvalue weighted by molar-refractivity contribution is 5.48. The van der Waals surface area contributed by atoms with Crippen molar-refractivity contribution in [2.75, 3.05) is 12.4 Å². The molecule has 2 rings (SSSR count). The maximum atomic E-state index is 13.5. The zero-order valence-corrected chi connectivity index (χ0v) is 10.5. The molecule has 0 radical (unpaired) electrons. The van der Waals surface area contributed by atoms with Crippen LogP contribution >= 0.6 is 0 Å². The quantitative estimate of drug-likeness (QED) is 0.859. The van der Waals surface area contributed by atoms with Crippen molar-refractivity contribution in [1.82, 2.24) is 0 Å². The Morgan fingerprint density at radius 2 is 2.24 bits per heavy atom. The maximum Gasteiger partial charge on any atom is 0.167 e. The van der Waals surface area contributed by atoms with Crippen molar-refractivity contribution in [3.63, 3.8) is 0 Å². The fraction of sp³-hybridized carbons (Fsp3) is 0.571. The van der Waals surface area contributed by atoms with Crippen molar-refractivity contribution in [2.45, 2.75) is 38.6 Å². The van der Waals surface area contributed by atoms with Gasteiger partial charge in [-0.05, 0) is 30.9 Å². The molecule has 1 saturated carbocycles. The summed E-state index contributed by atoms with van der Waals surface area (Å²) < 4.78 is 18.4. The van der Waals surface area contributed by atoms with Crippen LogP contribution in [0.1, 0.15) is 32.6 Å². The number of anilines is 1. The second-order valence-corrected chi connectivity index (χ2v) is 4.70. The van der Waals surface area contributed by atoms with Gasteiger partial charge in [-0.1, -0.05) is 19.8 Å². The Kier molecular flexibility index (Phi) is 3.87. The molecule has 3 heteroatoms. The van der Waals surface area contributed by atoms with Gasteiger partial charge in [0.2, 0.25) is 0 Å². The molecule has 0 spiro atoms. The number of benzene rings is 1. The summed E-state index contributed by atoms with van der Waals surface area (Å²) in [4.78, 5) is 0. The minimum Gasteiger partial charge on any atom is -0.494 e. The molecule has 1 N–H and O–H groups in total. The molecule has 2 nitrogen and oxygen atoms in total. The average molecular weight is 237 g/mol. The van der Waals surface area contributed by atoms with E-state index in [9.17, 15) is 4.39 Å². The van der Waals surface area contributed by atoms with Gasteiger partial charge in [0.1, 0.15) is 0 Å². The number of methoxy groups -OCH3 is 1. The summed E-state index contributed by atoms with van der Waals surface area (Å²) in [6.45, 7) is 2.22. The van der Waals surface area contributed by atoms with Crippen molar-refractivity contribution >= 4 is 5.69 Å². The summed E-state index contributed by atoms with van der Waals surface area (Å²) in [5, 5.41) is 3.44. The normalized spacial score (nSPS) is 23.7. The summed E-state index contributed by atoms with van der Waals surface area (Å²) in [5.41, 5.74) is 0.855. The van der Waals surface area contributed by atoms with E-state index in [0.717, 1.165) is 11.6 Å². The lowest BCUT2D eigenvalue weighted by atomic mass is 10.0. The second kappa shape index (κ2) is 5.39. The van der Waals surface area contributed by atoms with Gasteiger partial charge < -0.3 is 10.1 Å². The van der Waals surface area contributed by atoms with Crippen molar-refractivity contribution in [3.8, 4) is 5.75 Å². The van der Waals surface area contributed by atoms with E-state index in [-0.39, 0.29) is 5.82 Å². The van der Waals surface area contributed by atoms with E-state index >= 15 is 0 Å². The van der Waals surface area contributed by atoms with E-state index in [2.05, 4.69) is 12.2 Å². The summed E-state index contributed by atoms with van der Waals surface area (Å²) in [7, 11) is 1.48. The summed E-state index contributed by atoms with van der Waals surface area (Å²) in [6.07, 6.45) is 4.93. The van der Waals surface area contributed by atoms with Crippen molar-refractivity contribution in [1.29, 1.82) is 0 Å². The Morgan fingerprint density at radius 3 is 2.88 bits per heavy atom. The highest BCUT2D eigenvalue weighted by Gasteiger charge is 2.25. The van der Waals surface area contributed by atoms with E-state index in [1.54, 1.807) is 6.07 Å². The molecule has 1 fully saturated rings. The molecule has 0 aliphatic heterocycles. The van der Waals surface area contributed by atoms with E-state index < -0.39 is 0 Å². The van der Waals surface area contributed by atoms with E-state index in [1.165, 1.54) is 38.9 Å². The molecule has 1 aliphatic carbocycles. The monoisotopic (exact) mass is 237 g/mol. The van der Waals surface area contributed by atoms with E-state index in [0.29, 0.717) is 11.8 Å². The number of halogens is 1. The summed E-state index contributed by atoms with van der Waals surface area (Å²) in [6, 6.07) is 5.57. The topological polar surface area (TPSA) is 21.3 Å². The van der Waals surface area contributed by atoms with Crippen LogP contribution in [0.15, 0.2) is 18.2 Å². The minimum absolute atomic E-state index is 0.300. The third-order valence-corrected chi connectivity index (χ3v) is 3.69. The molecule has 1 aromatic carbocycles. The van der Waals surface area contributed by atoms with Crippen LogP contribution in [-0.4, -0.2) is 13.2 Å². The molecule has 2 unspecified atom stereocenters. The highest BCUT2D eigenvalue weighted by atomic mass is 19.1. The van der Waals surface area contributed by atoms with Gasteiger partial charge in [0.05, 0.1) is 7.11 Å². The first-order chi connectivity index (χ1) is 8.24. The standard InChI is InChI=1S/C14H20FNO/c1-3-10-5-4-6-13(10)16-11-7-8-14(17-2)12(15)9-11/h7-10,13,16H,3-6H2,1-2H3. The van der Waals surface area contributed by atoms with Gasteiger partial charge >= 0.3 is 0 Å².